The maximum absolute atomic E-state index is 12.4. The molecule has 2 aromatic rings. The molecule has 0 spiro atoms. The molecular formula is C18H16O3. The van der Waals surface area contributed by atoms with Gasteiger partial charge in [-0.25, -0.2) is 0 Å². The maximum atomic E-state index is 12.4. The quantitative estimate of drug-likeness (QED) is 0.807. The van der Waals surface area contributed by atoms with Gasteiger partial charge in [0.2, 0.25) is 0 Å². The van der Waals surface area contributed by atoms with Crippen molar-refractivity contribution in [2.24, 2.45) is 5.92 Å². The van der Waals surface area contributed by atoms with Crippen molar-refractivity contribution < 1.29 is 14.0 Å². The van der Waals surface area contributed by atoms with E-state index < -0.39 is 5.92 Å². The van der Waals surface area contributed by atoms with Gasteiger partial charge in [-0.15, -0.1) is 0 Å². The highest BCUT2D eigenvalue weighted by atomic mass is 16.3. The van der Waals surface area contributed by atoms with E-state index in [0.29, 0.717) is 12.2 Å². The van der Waals surface area contributed by atoms with Crippen molar-refractivity contribution in [1.29, 1.82) is 0 Å². The van der Waals surface area contributed by atoms with Gasteiger partial charge in [0.05, 0.1) is 12.2 Å². The van der Waals surface area contributed by atoms with Crippen LogP contribution in [0, 0.1) is 5.92 Å². The molecule has 1 aromatic carbocycles. The summed E-state index contributed by atoms with van der Waals surface area (Å²) < 4.78 is 5.40. The standard InChI is InChI=1S/C18H16O3/c1-12(19)18-15(13-6-3-2-4-7-13)10-14(11-16(18)20)17-8-5-9-21-17/h2-9,11,15,18H,10H2,1H3/t15-,18-/m0/s1. The highest BCUT2D eigenvalue weighted by Crippen LogP contribution is 2.40. The van der Waals surface area contributed by atoms with E-state index in [9.17, 15) is 9.59 Å². The van der Waals surface area contributed by atoms with E-state index in [1.165, 1.54) is 6.92 Å². The number of furan rings is 1. The lowest BCUT2D eigenvalue weighted by Crippen LogP contribution is -2.31. The van der Waals surface area contributed by atoms with Crippen molar-refractivity contribution in [2.45, 2.75) is 19.3 Å². The number of benzene rings is 1. The summed E-state index contributed by atoms with van der Waals surface area (Å²) in [5.41, 5.74) is 1.87. The summed E-state index contributed by atoms with van der Waals surface area (Å²) in [5, 5.41) is 0. The molecule has 1 aliphatic rings. The molecule has 0 radical (unpaired) electrons. The Labute approximate surface area is 123 Å². The molecule has 1 heterocycles. The molecule has 0 unspecified atom stereocenters. The lowest BCUT2D eigenvalue weighted by atomic mass is 9.73. The number of hydrogen-bond acceptors (Lipinski definition) is 3. The third kappa shape index (κ3) is 2.59. The van der Waals surface area contributed by atoms with Gasteiger partial charge < -0.3 is 4.42 Å². The first-order valence-corrected chi connectivity index (χ1v) is 7.00. The first-order chi connectivity index (χ1) is 10.2. The third-order valence-electron chi connectivity index (χ3n) is 3.97. The number of ketones is 2. The minimum atomic E-state index is -0.592. The van der Waals surface area contributed by atoms with Gasteiger partial charge in [-0.2, -0.15) is 0 Å². The van der Waals surface area contributed by atoms with Gasteiger partial charge in [-0.05, 0) is 42.7 Å². The topological polar surface area (TPSA) is 47.3 Å². The third-order valence-corrected chi connectivity index (χ3v) is 3.97. The number of carbonyl (C=O) groups is 2. The Morgan fingerprint density at radius 3 is 2.52 bits per heavy atom. The summed E-state index contributed by atoms with van der Waals surface area (Å²) >= 11 is 0. The van der Waals surface area contributed by atoms with Gasteiger partial charge in [-0.1, -0.05) is 30.3 Å². The van der Waals surface area contributed by atoms with Crippen LogP contribution in [0.3, 0.4) is 0 Å². The van der Waals surface area contributed by atoms with Crippen molar-refractivity contribution in [1.82, 2.24) is 0 Å². The van der Waals surface area contributed by atoms with Crippen molar-refractivity contribution >= 4 is 17.1 Å². The summed E-state index contributed by atoms with van der Waals surface area (Å²) in [6.07, 6.45) is 3.78. The fourth-order valence-corrected chi connectivity index (χ4v) is 3.00. The van der Waals surface area contributed by atoms with Crippen LogP contribution in [0.5, 0.6) is 0 Å². The fraction of sp³-hybridized carbons (Fsp3) is 0.222. The number of hydrogen-bond donors (Lipinski definition) is 0. The molecule has 0 fully saturated rings. The van der Waals surface area contributed by atoms with Gasteiger partial charge in [-0.3, -0.25) is 9.59 Å². The number of allylic oxidation sites excluding steroid dienone is 2. The van der Waals surface area contributed by atoms with E-state index in [2.05, 4.69) is 0 Å². The van der Waals surface area contributed by atoms with Crippen LogP contribution in [0.2, 0.25) is 0 Å². The van der Waals surface area contributed by atoms with E-state index in [1.807, 2.05) is 36.4 Å². The summed E-state index contributed by atoms with van der Waals surface area (Å²) in [5.74, 6) is -0.226. The summed E-state index contributed by atoms with van der Waals surface area (Å²) in [4.78, 5) is 24.3. The predicted octanol–water partition coefficient (Wildman–Crippen LogP) is 3.62. The Bertz CT molecular complexity index is 681. The number of rotatable bonds is 3. The van der Waals surface area contributed by atoms with Gasteiger partial charge in [0.1, 0.15) is 11.5 Å². The van der Waals surface area contributed by atoms with Crippen LogP contribution in [0.25, 0.3) is 5.57 Å². The SMILES string of the molecule is CC(=O)[C@@H]1C(=O)C=C(c2ccco2)C[C@H]1c1ccccc1. The Balaban J connectivity index is 2.03. The van der Waals surface area contributed by atoms with E-state index in [-0.39, 0.29) is 17.5 Å². The second-order valence-corrected chi connectivity index (χ2v) is 5.36. The van der Waals surface area contributed by atoms with Crippen LogP contribution in [0.4, 0.5) is 0 Å². The first-order valence-electron chi connectivity index (χ1n) is 7.00. The molecule has 1 aromatic heterocycles. The average molecular weight is 280 g/mol. The zero-order valence-electron chi connectivity index (χ0n) is 11.8. The Kier molecular flexibility index (Phi) is 3.57. The van der Waals surface area contributed by atoms with Crippen LogP contribution in [-0.2, 0) is 9.59 Å². The van der Waals surface area contributed by atoms with Crippen molar-refractivity contribution in [3.05, 3.63) is 66.1 Å². The normalized spacial score (nSPS) is 22.0. The molecule has 0 saturated carbocycles. The summed E-state index contributed by atoms with van der Waals surface area (Å²) in [6, 6.07) is 13.4. The predicted molar refractivity (Wildman–Crippen MR) is 79.7 cm³/mol. The van der Waals surface area contributed by atoms with E-state index in [4.69, 9.17) is 4.42 Å². The van der Waals surface area contributed by atoms with Gasteiger partial charge in [0.25, 0.3) is 0 Å². The molecule has 0 saturated heterocycles. The molecule has 106 valence electrons. The molecule has 0 amide bonds. The zero-order chi connectivity index (χ0) is 14.8. The highest BCUT2D eigenvalue weighted by Gasteiger charge is 2.37. The van der Waals surface area contributed by atoms with Crippen LogP contribution in [0.15, 0.2) is 59.2 Å². The van der Waals surface area contributed by atoms with Gasteiger partial charge >= 0.3 is 0 Å². The molecule has 2 atom stereocenters. The highest BCUT2D eigenvalue weighted by molar-refractivity contribution is 6.11. The van der Waals surface area contributed by atoms with Crippen molar-refractivity contribution in [2.75, 3.05) is 0 Å². The molecule has 3 nitrogen and oxygen atoms in total. The van der Waals surface area contributed by atoms with E-state index in [1.54, 1.807) is 18.4 Å². The number of Topliss-reactive ketones (excluding diaryl/α,β-unsaturated/α-hetero) is 1. The smallest absolute Gasteiger partial charge is 0.167 e. The van der Waals surface area contributed by atoms with Gasteiger partial charge in [0.15, 0.2) is 5.78 Å². The first kappa shape index (κ1) is 13.6. The van der Waals surface area contributed by atoms with Gasteiger partial charge in [0, 0.05) is 5.92 Å². The minimum Gasteiger partial charge on any atom is -0.465 e. The molecule has 3 heteroatoms. The molecule has 0 bridgehead atoms. The van der Waals surface area contributed by atoms with Crippen LogP contribution >= 0.6 is 0 Å². The van der Waals surface area contributed by atoms with E-state index >= 15 is 0 Å². The monoisotopic (exact) mass is 280 g/mol. The lowest BCUT2D eigenvalue weighted by molar-refractivity contribution is -0.130. The Hall–Kier alpha value is -2.42. The molecular weight excluding hydrogens is 264 g/mol. The fourth-order valence-electron chi connectivity index (χ4n) is 3.00. The zero-order valence-corrected chi connectivity index (χ0v) is 11.8. The summed E-state index contributed by atoms with van der Waals surface area (Å²) in [6.45, 7) is 1.49. The second kappa shape index (κ2) is 5.52. The van der Waals surface area contributed by atoms with Crippen LogP contribution in [-0.4, -0.2) is 11.6 Å². The summed E-state index contributed by atoms with van der Waals surface area (Å²) in [7, 11) is 0. The Morgan fingerprint density at radius 1 is 1.14 bits per heavy atom. The van der Waals surface area contributed by atoms with Crippen molar-refractivity contribution in [3.8, 4) is 0 Å². The van der Waals surface area contributed by atoms with Crippen LogP contribution in [0.1, 0.15) is 30.6 Å². The molecule has 0 N–H and O–H groups in total. The Morgan fingerprint density at radius 2 is 1.90 bits per heavy atom. The average Bonchev–Trinajstić information content (AvgIpc) is 3.01. The second-order valence-electron chi connectivity index (χ2n) is 5.36. The lowest BCUT2D eigenvalue weighted by Gasteiger charge is -2.28. The van der Waals surface area contributed by atoms with E-state index in [0.717, 1.165) is 11.1 Å². The molecule has 1 aliphatic carbocycles. The number of carbonyl (C=O) groups excluding carboxylic acids is 2. The largest absolute Gasteiger partial charge is 0.465 e. The minimum absolute atomic E-state index is 0.0800. The molecule has 0 aliphatic heterocycles. The maximum Gasteiger partial charge on any atom is 0.167 e. The molecule has 3 rings (SSSR count). The molecule has 21 heavy (non-hydrogen) atoms. The van der Waals surface area contributed by atoms with Crippen LogP contribution < -0.4 is 0 Å². The van der Waals surface area contributed by atoms with Crippen molar-refractivity contribution in [3.63, 3.8) is 0 Å².